The number of nitrogens with one attached hydrogen (secondary N) is 1. The SMILES string of the molecule is COc1ccc2cc([C@H](C)C(=O)O[C@H](C)C(=O)Nc3ccc(Cl)cn3)ccc2c1. The van der Waals surface area contributed by atoms with E-state index >= 15 is 0 Å². The molecule has 29 heavy (non-hydrogen) atoms. The van der Waals surface area contributed by atoms with Crippen LogP contribution in [0.1, 0.15) is 25.3 Å². The summed E-state index contributed by atoms with van der Waals surface area (Å²) < 4.78 is 10.6. The zero-order valence-electron chi connectivity index (χ0n) is 16.3. The van der Waals surface area contributed by atoms with Crippen molar-refractivity contribution in [2.24, 2.45) is 0 Å². The lowest BCUT2D eigenvalue weighted by Crippen LogP contribution is -2.31. The summed E-state index contributed by atoms with van der Waals surface area (Å²) in [7, 11) is 1.62. The van der Waals surface area contributed by atoms with Gasteiger partial charge in [0.1, 0.15) is 11.6 Å². The first-order valence-electron chi connectivity index (χ1n) is 9.08. The van der Waals surface area contributed by atoms with E-state index in [0.717, 1.165) is 22.1 Å². The number of aromatic nitrogens is 1. The van der Waals surface area contributed by atoms with Crippen LogP contribution in [0, 0.1) is 0 Å². The van der Waals surface area contributed by atoms with Crippen molar-refractivity contribution in [3.8, 4) is 5.75 Å². The number of nitrogens with zero attached hydrogens (tertiary/aromatic N) is 1. The molecule has 6 nitrogen and oxygen atoms in total. The number of amides is 1. The number of esters is 1. The largest absolute Gasteiger partial charge is 0.497 e. The molecule has 0 fully saturated rings. The highest BCUT2D eigenvalue weighted by atomic mass is 35.5. The standard InChI is InChI=1S/C22H21ClN2O4/c1-13(15-4-5-17-11-19(28-3)8-6-16(17)10-15)22(27)29-14(2)21(26)25-20-9-7-18(23)12-24-20/h4-14H,1-3H3,(H,24,25,26)/t13-,14+/m0/s1. The molecular formula is C22H21ClN2O4. The van der Waals surface area contributed by atoms with Crippen molar-refractivity contribution in [3.05, 3.63) is 65.3 Å². The highest BCUT2D eigenvalue weighted by Crippen LogP contribution is 2.26. The number of carbonyl (C=O) groups excluding carboxylic acids is 2. The summed E-state index contributed by atoms with van der Waals surface area (Å²) >= 11 is 5.77. The Bertz CT molecular complexity index is 1040. The molecule has 0 saturated carbocycles. The van der Waals surface area contributed by atoms with E-state index in [2.05, 4.69) is 10.3 Å². The maximum Gasteiger partial charge on any atom is 0.313 e. The van der Waals surface area contributed by atoms with Gasteiger partial charge in [0.25, 0.3) is 5.91 Å². The highest BCUT2D eigenvalue weighted by Gasteiger charge is 2.23. The number of hydrogen-bond acceptors (Lipinski definition) is 5. The number of benzene rings is 2. The summed E-state index contributed by atoms with van der Waals surface area (Å²) in [4.78, 5) is 28.8. The fourth-order valence-electron chi connectivity index (χ4n) is 2.78. The van der Waals surface area contributed by atoms with Gasteiger partial charge in [-0.25, -0.2) is 4.98 Å². The molecular weight excluding hydrogens is 392 g/mol. The van der Waals surface area contributed by atoms with Gasteiger partial charge in [0.15, 0.2) is 6.10 Å². The summed E-state index contributed by atoms with van der Waals surface area (Å²) in [6.07, 6.45) is 0.456. The first kappa shape index (κ1) is 20.6. The second-order valence-corrected chi connectivity index (χ2v) is 7.06. The first-order valence-corrected chi connectivity index (χ1v) is 9.46. The van der Waals surface area contributed by atoms with E-state index in [9.17, 15) is 9.59 Å². The van der Waals surface area contributed by atoms with E-state index in [1.165, 1.54) is 13.1 Å². The Morgan fingerprint density at radius 1 is 1.03 bits per heavy atom. The molecule has 7 heteroatoms. The van der Waals surface area contributed by atoms with Crippen LogP contribution in [0.2, 0.25) is 5.02 Å². The van der Waals surface area contributed by atoms with Crippen molar-refractivity contribution in [2.45, 2.75) is 25.9 Å². The number of methoxy groups -OCH3 is 1. The lowest BCUT2D eigenvalue weighted by molar-refractivity contribution is -0.154. The molecule has 0 radical (unpaired) electrons. The average Bonchev–Trinajstić information content (AvgIpc) is 2.73. The molecule has 0 saturated heterocycles. The molecule has 1 heterocycles. The first-order chi connectivity index (χ1) is 13.9. The van der Waals surface area contributed by atoms with E-state index in [1.54, 1.807) is 26.2 Å². The molecule has 150 valence electrons. The molecule has 0 spiro atoms. The molecule has 2 atom stereocenters. The van der Waals surface area contributed by atoms with Crippen LogP contribution < -0.4 is 10.1 Å². The Balaban J connectivity index is 1.65. The third-order valence-corrected chi connectivity index (χ3v) is 4.79. The van der Waals surface area contributed by atoms with Gasteiger partial charge in [0, 0.05) is 6.20 Å². The molecule has 1 amide bonds. The number of hydrogen-bond donors (Lipinski definition) is 1. The van der Waals surface area contributed by atoms with Crippen molar-refractivity contribution < 1.29 is 19.1 Å². The Morgan fingerprint density at radius 2 is 1.76 bits per heavy atom. The third kappa shape index (κ3) is 5.03. The van der Waals surface area contributed by atoms with Gasteiger partial charge in [-0.2, -0.15) is 0 Å². The summed E-state index contributed by atoms with van der Waals surface area (Å²) in [5.41, 5.74) is 0.805. The van der Waals surface area contributed by atoms with Gasteiger partial charge in [-0.1, -0.05) is 35.9 Å². The predicted octanol–water partition coefficient (Wildman–Crippen LogP) is 4.57. The Labute approximate surface area is 173 Å². The lowest BCUT2D eigenvalue weighted by Gasteiger charge is -2.17. The molecule has 0 unspecified atom stereocenters. The van der Waals surface area contributed by atoms with E-state index in [4.69, 9.17) is 21.1 Å². The minimum atomic E-state index is -0.966. The molecule has 0 aliphatic heterocycles. The summed E-state index contributed by atoms with van der Waals surface area (Å²) in [6.45, 7) is 3.26. The van der Waals surface area contributed by atoms with E-state index in [-0.39, 0.29) is 0 Å². The molecule has 1 aromatic heterocycles. The van der Waals surface area contributed by atoms with E-state index in [0.29, 0.717) is 10.8 Å². The van der Waals surface area contributed by atoms with Crippen molar-refractivity contribution >= 4 is 40.1 Å². The fourth-order valence-corrected chi connectivity index (χ4v) is 2.89. The summed E-state index contributed by atoms with van der Waals surface area (Å²) in [6, 6.07) is 14.6. The second kappa shape index (κ2) is 8.92. The van der Waals surface area contributed by atoms with Gasteiger partial charge >= 0.3 is 5.97 Å². The van der Waals surface area contributed by atoms with Crippen molar-refractivity contribution in [1.82, 2.24) is 4.98 Å². The molecule has 3 rings (SSSR count). The van der Waals surface area contributed by atoms with Gasteiger partial charge in [0.2, 0.25) is 0 Å². The number of fused-ring (bicyclic) bond motifs is 1. The second-order valence-electron chi connectivity index (χ2n) is 6.62. The molecule has 0 bridgehead atoms. The molecule has 2 aromatic carbocycles. The van der Waals surface area contributed by atoms with Gasteiger partial charge < -0.3 is 14.8 Å². The fraction of sp³-hybridized carbons (Fsp3) is 0.227. The summed E-state index contributed by atoms with van der Waals surface area (Å²) in [5, 5.41) is 5.05. The molecule has 0 aliphatic carbocycles. The van der Waals surface area contributed by atoms with Crippen LogP contribution in [0.25, 0.3) is 10.8 Å². The van der Waals surface area contributed by atoms with Crippen LogP contribution >= 0.6 is 11.6 Å². The number of anilines is 1. The number of carbonyl (C=O) groups is 2. The zero-order chi connectivity index (χ0) is 21.0. The Kier molecular flexibility index (Phi) is 6.34. The number of ether oxygens (including phenoxy) is 2. The van der Waals surface area contributed by atoms with Crippen LogP contribution in [0.15, 0.2) is 54.7 Å². The monoisotopic (exact) mass is 412 g/mol. The zero-order valence-corrected chi connectivity index (χ0v) is 17.1. The van der Waals surface area contributed by atoms with Crippen molar-refractivity contribution in [3.63, 3.8) is 0 Å². The van der Waals surface area contributed by atoms with Crippen LogP contribution in [0.4, 0.5) is 5.82 Å². The number of halogens is 1. The van der Waals surface area contributed by atoms with E-state index < -0.39 is 23.9 Å². The Hall–Kier alpha value is -3.12. The lowest BCUT2D eigenvalue weighted by atomic mass is 9.98. The quantitative estimate of drug-likeness (QED) is 0.600. The molecule has 0 aliphatic rings. The van der Waals surface area contributed by atoms with Gasteiger partial charge in [-0.05, 0) is 54.4 Å². The van der Waals surface area contributed by atoms with Crippen LogP contribution in [-0.4, -0.2) is 30.1 Å². The number of pyridine rings is 1. The van der Waals surface area contributed by atoms with E-state index in [1.807, 2.05) is 36.4 Å². The highest BCUT2D eigenvalue weighted by molar-refractivity contribution is 6.30. The van der Waals surface area contributed by atoms with Gasteiger partial charge in [-0.15, -0.1) is 0 Å². The van der Waals surface area contributed by atoms with Crippen LogP contribution in [-0.2, 0) is 14.3 Å². The number of rotatable bonds is 6. The van der Waals surface area contributed by atoms with Crippen LogP contribution in [0.3, 0.4) is 0 Å². The molecule has 1 N–H and O–H groups in total. The normalized spacial score (nSPS) is 12.8. The smallest absolute Gasteiger partial charge is 0.313 e. The van der Waals surface area contributed by atoms with Crippen molar-refractivity contribution in [1.29, 1.82) is 0 Å². The Morgan fingerprint density at radius 3 is 2.45 bits per heavy atom. The maximum atomic E-state index is 12.5. The van der Waals surface area contributed by atoms with Crippen molar-refractivity contribution in [2.75, 3.05) is 12.4 Å². The maximum absolute atomic E-state index is 12.5. The molecule has 3 aromatic rings. The van der Waals surface area contributed by atoms with Gasteiger partial charge in [-0.3, -0.25) is 9.59 Å². The minimum Gasteiger partial charge on any atom is -0.497 e. The van der Waals surface area contributed by atoms with Crippen LogP contribution in [0.5, 0.6) is 5.75 Å². The minimum absolute atomic E-state index is 0.334. The third-order valence-electron chi connectivity index (χ3n) is 4.57. The predicted molar refractivity (Wildman–Crippen MR) is 112 cm³/mol. The summed E-state index contributed by atoms with van der Waals surface area (Å²) in [5.74, 6) is -0.367. The van der Waals surface area contributed by atoms with Gasteiger partial charge in [0.05, 0.1) is 18.1 Å². The average molecular weight is 413 g/mol. The topological polar surface area (TPSA) is 77.5 Å².